The van der Waals surface area contributed by atoms with Crippen LogP contribution in [0.15, 0.2) is 48.2 Å². The Morgan fingerprint density at radius 2 is 1.73 bits per heavy atom. The van der Waals surface area contributed by atoms with Crippen LogP contribution in [0.5, 0.6) is 17.2 Å². The van der Waals surface area contributed by atoms with E-state index in [0.717, 1.165) is 0 Å². The molecule has 0 aliphatic carbocycles. The lowest BCUT2D eigenvalue weighted by molar-refractivity contribution is 0.0957. The van der Waals surface area contributed by atoms with Gasteiger partial charge in [0.25, 0.3) is 0 Å². The van der Waals surface area contributed by atoms with E-state index in [2.05, 4.69) is 0 Å². The summed E-state index contributed by atoms with van der Waals surface area (Å²) in [4.78, 5) is 12.4. The highest BCUT2D eigenvalue weighted by Gasteiger charge is 2.14. The van der Waals surface area contributed by atoms with Crippen molar-refractivity contribution in [1.82, 2.24) is 0 Å². The number of carbonyl (C=O) groups is 1. The van der Waals surface area contributed by atoms with Gasteiger partial charge in [0.1, 0.15) is 17.2 Å². The molecule has 5 heteroatoms. The van der Waals surface area contributed by atoms with Crippen LogP contribution in [0.1, 0.15) is 15.9 Å². The molecule has 0 saturated heterocycles. The van der Waals surface area contributed by atoms with Crippen LogP contribution in [0, 0.1) is 0 Å². The van der Waals surface area contributed by atoms with Crippen LogP contribution in [0.25, 0.3) is 6.08 Å². The second kappa shape index (κ2) is 6.67. The molecular formula is C17H16O5. The smallest absolute Gasteiger partial charge is 0.227 e. The van der Waals surface area contributed by atoms with Gasteiger partial charge < -0.3 is 19.7 Å². The van der Waals surface area contributed by atoms with Crippen LogP contribution in [0.4, 0.5) is 0 Å². The van der Waals surface area contributed by atoms with E-state index in [1.165, 1.54) is 31.4 Å². The zero-order valence-electron chi connectivity index (χ0n) is 12.2. The Labute approximate surface area is 128 Å². The van der Waals surface area contributed by atoms with Crippen molar-refractivity contribution in [2.75, 3.05) is 14.2 Å². The molecule has 0 bridgehead atoms. The molecule has 0 atom stereocenters. The normalized spacial score (nSPS) is 11.1. The molecule has 2 rings (SSSR count). The van der Waals surface area contributed by atoms with Crippen molar-refractivity contribution >= 4 is 11.9 Å². The zero-order valence-corrected chi connectivity index (χ0v) is 12.2. The number of methoxy groups -OCH3 is 2. The number of allylic oxidation sites excluding steroid dienone is 1. The zero-order chi connectivity index (χ0) is 16.1. The highest BCUT2D eigenvalue weighted by Crippen LogP contribution is 2.25. The molecule has 0 aromatic heterocycles. The lowest BCUT2D eigenvalue weighted by atomic mass is 10.1. The number of ether oxygens (including phenoxy) is 2. The van der Waals surface area contributed by atoms with E-state index in [9.17, 15) is 15.0 Å². The molecule has 0 heterocycles. The van der Waals surface area contributed by atoms with Crippen LogP contribution in [0.3, 0.4) is 0 Å². The Morgan fingerprint density at radius 3 is 2.27 bits per heavy atom. The molecule has 2 aromatic carbocycles. The topological polar surface area (TPSA) is 76.0 Å². The average molecular weight is 300 g/mol. The van der Waals surface area contributed by atoms with Gasteiger partial charge in [-0.1, -0.05) is 0 Å². The number of rotatable bonds is 5. The number of hydrogen-bond donors (Lipinski definition) is 2. The Kier molecular flexibility index (Phi) is 4.68. The van der Waals surface area contributed by atoms with Crippen LogP contribution in [-0.2, 0) is 4.74 Å². The molecule has 0 amide bonds. The molecule has 0 fully saturated rings. The average Bonchev–Trinajstić information content (AvgIpc) is 2.54. The van der Waals surface area contributed by atoms with E-state index in [0.29, 0.717) is 16.9 Å². The summed E-state index contributed by atoms with van der Waals surface area (Å²) in [6.45, 7) is 0. The maximum Gasteiger partial charge on any atom is 0.227 e. The number of carbonyl (C=O) groups excluding carboxylic acids is 1. The minimum Gasteiger partial charge on any atom is -0.508 e. The highest BCUT2D eigenvalue weighted by atomic mass is 16.5. The second-order valence-electron chi connectivity index (χ2n) is 4.51. The van der Waals surface area contributed by atoms with E-state index in [-0.39, 0.29) is 23.0 Å². The largest absolute Gasteiger partial charge is 0.508 e. The van der Waals surface area contributed by atoms with Gasteiger partial charge in [-0.25, -0.2) is 0 Å². The first kappa shape index (κ1) is 15.4. The first-order chi connectivity index (χ1) is 10.5. The van der Waals surface area contributed by atoms with Gasteiger partial charge in [0.2, 0.25) is 5.78 Å². The fourth-order valence-corrected chi connectivity index (χ4v) is 1.90. The summed E-state index contributed by atoms with van der Waals surface area (Å²) in [6.07, 6.45) is 1.42. The van der Waals surface area contributed by atoms with E-state index >= 15 is 0 Å². The minimum absolute atomic E-state index is 0.0601. The van der Waals surface area contributed by atoms with Gasteiger partial charge in [-0.05, 0) is 42.5 Å². The van der Waals surface area contributed by atoms with Crippen molar-refractivity contribution in [1.29, 1.82) is 0 Å². The summed E-state index contributed by atoms with van der Waals surface area (Å²) < 4.78 is 10.2. The molecule has 2 aromatic rings. The number of phenols is 2. The van der Waals surface area contributed by atoms with Crippen LogP contribution >= 0.6 is 0 Å². The second-order valence-corrected chi connectivity index (χ2v) is 4.51. The number of benzene rings is 2. The van der Waals surface area contributed by atoms with Gasteiger partial charge in [-0.3, -0.25) is 4.79 Å². The maximum atomic E-state index is 12.4. The van der Waals surface area contributed by atoms with Crippen LogP contribution < -0.4 is 4.74 Å². The molecule has 114 valence electrons. The first-order valence-electron chi connectivity index (χ1n) is 6.51. The van der Waals surface area contributed by atoms with Crippen LogP contribution in [-0.4, -0.2) is 30.2 Å². The van der Waals surface area contributed by atoms with E-state index in [1.54, 1.807) is 31.4 Å². The fraction of sp³-hybridized carbons (Fsp3) is 0.118. The fourth-order valence-electron chi connectivity index (χ4n) is 1.90. The minimum atomic E-state index is -0.322. The molecule has 0 radical (unpaired) electrons. The molecule has 0 saturated carbocycles. The number of hydrogen-bond acceptors (Lipinski definition) is 5. The van der Waals surface area contributed by atoms with E-state index in [1.807, 2.05) is 0 Å². The first-order valence-corrected chi connectivity index (χ1v) is 6.51. The van der Waals surface area contributed by atoms with Gasteiger partial charge in [0.05, 0.1) is 14.2 Å². The van der Waals surface area contributed by atoms with Crippen molar-refractivity contribution in [3.05, 3.63) is 59.4 Å². The summed E-state index contributed by atoms with van der Waals surface area (Å²) in [5.41, 5.74) is 0.809. The van der Waals surface area contributed by atoms with Gasteiger partial charge in [-0.2, -0.15) is 0 Å². The van der Waals surface area contributed by atoms with Crippen molar-refractivity contribution in [2.45, 2.75) is 0 Å². The van der Waals surface area contributed by atoms with E-state index in [4.69, 9.17) is 9.47 Å². The van der Waals surface area contributed by atoms with Crippen molar-refractivity contribution in [3.63, 3.8) is 0 Å². The molecule has 0 aliphatic rings. The third-order valence-electron chi connectivity index (χ3n) is 3.10. The SMILES string of the molecule is CO/C(=C\c1ccc(O)cc1O)C(=O)c1ccc(OC)cc1. The molecule has 0 unspecified atom stereocenters. The Bertz CT molecular complexity index is 701. The Hall–Kier alpha value is -2.95. The number of Topliss-reactive ketones (excluding diaryl/α,β-unsaturated/α-hetero) is 1. The van der Waals surface area contributed by atoms with Gasteiger partial charge in [0.15, 0.2) is 5.76 Å². The molecule has 2 N–H and O–H groups in total. The van der Waals surface area contributed by atoms with Gasteiger partial charge >= 0.3 is 0 Å². The molecule has 22 heavy (non-hydrogen) atoms. The Morgan fingerprint density at radius 1 is 1.05 bits per heavy atom. The highest BCUT2D eigenvalue weighted by molar-refractivity contribution is 6.10. The van der Waals surface area contributed by atoms with Crippen LogP contribution in [0.2, 0.25) is 0 Å². The summed E-state index contributed by atoms with van der Waals surface area (Å²) in [5.74, 6) is 0.201. The van der Waals surface area contributed by atoms with E-state index < -0.39 is 0 Å². The summed E-state index contributed by atoms with van der Waals surface area (Å²) in [5, 5.41) is 19.0. The van der Waals surface area contributed by atoms with Gasteiger partial charge in [0, 0.05) is 17.2 Å². The molecule has 5 nitrogen and oxygen atoms in total. The van der Waals surface area contributed by atoms with Crippen molar-refractivity contribution < 1.29 is 24.5 Å². The predicted octanol–water partition coefficient (Wildman–Crippen LogP) is 2.98. The summed E-state index contributed by atoms with van der Waals surface area (Å²) >= 11 is 0. The third kappa shape index (κ3) is 3.38. The van der Waals surface area contributed by atoms with Crippen molar-refractivity contribution in [3.8, 4) is 17.2 Å². The molecule has 0 aliphatic heterocycles. The van der Waals surface area contributed by atoms with Gasteiger partial charge in [-0.15, -0.1) is 0 Å². The molecule has 0 spiro atoms. The standard InChI is InChI=1S/C17H16O5/c1-21-14-7-4-11(5-8-14)17(20)16(22-2)9-12-3-6-13(18)10-15(12)19/h3-10,18-19H,1-2H3/b16-9-. The Balaban J connectivity index is 2.33. The summed E-state index contributed by atoms with van der Waals surface area (Å²) in [7, 11) is 2.93. The quantitative estimate of drug-likeness (QED) is 0.504. The maximum absolute atomic E-state index is 12.4. The lowest BCUT2D eigenvalue weighted by Gasteiger charge is -2.07. The number of ketones is 1. The number of aromatic hydroxyl groups is 2. The number of phenolic OH excluding ortho intramolecular Hbond substituents is 2. The lowest BCUT2D eigenvalue weighted by Crippen LogP contribution is -2.05. The summed E-state index contributed by atoms with van der Waals surface area (Å²) in [6, 6.07) is 10.7. The monoisotopic (exact) mass is 300 g/mol. The third-order valence-corrected chi connectivity index (χ3v) is 3.10. The van der Waals surface area contributed by atoms with Crippen molar-refractivity contribution in [2.24, 2.45) is 0 Å². The molecular weight excluding hydrogens is 284 g/mol. The predicted molar refractivity (Wildman–Crippen MR) is 82.1 cm³/mol.